The van der Waals surface area contributed by atoms with Gasteiger partial charge in [0.1, 0.15) is 28.8 Å². The number of anilines is 3. The zero-order valence-corrected chi connectivity index (χ0v) is 27.2. The third-order valence-corrected chi connectivity index (χ3v) is 6.99. The van der Waals surface area contributed by atoms with Crippen molar-refractivity contribution >= 4 is 46.2 Å². The highest BCUT2D eigenvalue weighted by atomic mass is 19.1. The Balaban J connectivity index is 1.61. The Morgan fingerprint density at radius 2 is 1.70 bits per heavy atom. The van der Waals surface area contributed by atoms with Crippen molar-refractivity contribution in [1.82, 2.24) is 9.97 Å². The van der Waals surface area contributed by atoms with Crippen LogP contribution in [0.2, 0.25) is 0 Å². The van der Waals surface area contributed by atoms with E-state index in [1.54, 1.807) is 48.5 Å². The van der Waals surface area contributed by atoms with Gasteiger partial charge in [-0.2, -0.15) is 4.39 Å². The fourth-order valence-electron chi connectivity index (χ4n) is 5.08. The molecular weight excluding hydrogens is 620 g/mol. The van der Waals surface area contributed by atoms with Crippen molar-refractivity contribution < 1.29 is 46.8 Å². The SMILES string of the molecule is Cc1c(-c2cc3cc(NC(=O)O[C@@H]4CCOC4)ncc3c(NC(=O)OC(C)(C)C)c2F)cnc2c1N(C(=O)OC(C)(C)C)CC(F)O2. The van der Waals surface area contributed by atoms with Crippen molar-refractivity contribution in [2.24, 2.45) is 0 Å². The minimum absolute atomic E-state index is 0.0364. The number of rotatable bonds is 4. The van der Waals surface area contributed by atoms with Gasteiger partial charge in [0, 0.05) is 35.3 Å². The van der Waals surface area contributed by atoms with Crippen LogP contribution in [0.3, 0.4) is 0 Å². The van der Waals surface area contributed by atoms with E-state index in [4.69, 9.17) is 23.7 Å². The smallest absolute Gasteiger partial charge is 0.415 e. The fraction of sp³-hybridized carbons (Fsp3) is 0.469. The molecule has 47 heavy (non-hydrogen) atoms. The van der Waals surface area contributed by atoms with Gasteiger partial charge in [0.05, 0.1) is 25.4 Å². The molecule has 1 fully saturated rings. The van der Waals surface area contributed by atoms with Crippen LogP contribution in [0.25, 0.3) is 21.9 Å². The number of carbonyl (C=O) groups is 3. The van der Waals surface area contributed by atoms with Crippen LogP contribution in [0.15, 0.2) is 24.5 Å². The normalized spacial score (nSPS) is 17.9. The Labute approximate surface area is 269 Å². The molecule has 0 radical (unpaired) electrons. The van der Waals surface area contributed by atoms with Gasteiger partial charge in [-0.3, -0.25) is 15.5 Å². The van der Waals surface area contributed by atoms with E-state index in [1.165, 1.54) is 24.5 Å². The van der Waals surface area contributed by atoms with Gasteiger partial charge in [-0.05, 0) is 71.5 Å². The summed E-state index contributed by atoms with van der Waals surface area (Å²) in [4.78, 5) is 48.0. The zero-order valence-electron chi connectivity index (χ0n) is 27.2. The molecule has 2 aliphatic heterocycles. The first-order valence-electron chi connectivity index (χ1n) is 15.0. The number of halogens is 2. The van der Waals surface area contributed by atoms with Crippen LogP contribution in [0.4, 0.5) is 40.4 Å². The topological polar surface area (TPSA) is 150 Å². The molecule has 5 rings (SSSR count). The van der Waals surface area contributed by atoms with Crippen molar-refractivity contribution in [3.05, 3.63) is 35.9 Å². The summed E-state index contributed by atoms with van der Waals surface area (Å²) < 4.78 is 57.8. The number of alkyl halides is 1. The van der Waals surface area contributed by atoms with E-state index in [0.717, 1.165) is 4.90 Å². The number of hydrogen-bond acceptors (Lipinski definition) is 10. The number of fused-ring (bicyclic) bond motifs is 2. The summed E-state index contributed by atoms with van der Waals surface area (Å²) >= 11 is 0. The summed E-state index contributed by atoms with van der Waals surface area (Å²) in [7, 11) is 0. The van der Waals surface area contributed by atoms with E-state index in [2.05, 4.69) is 20.6 Å². The maximum absolute atomic E-state index is 16.5. The zero-order chi connectivity index (χ0) is 34.3. The minimum Gasteiger partial charge on any atom is -0.444 e. The molecule has 4 heterocycles. The second kappa shape index (κ2) is 12.8. The molecule has 2 aromatic heterocycles. The van der Waals surface area contributed by atoms with Crippen LogP contribution in [0.1, 0.15) is 53.5 Å². The highest BCUT2D eigenvalue weighted by Gasteiger charge is 2.36. The molecule has 0 saturated carbocycles. The lowest BCUT2D eigenvalue weighted by Gasteiger charge is -2.34. The summed E-state index contributed by atoms with van der Waals surface area (Å²) in [5, 5.41) is 5.61. The minimum atomic E-state index is -1.87. The third-order valence-electron chi connectivity index (χ3n) is 6.99. The largest absolute Gasteiger partial charge is 0.444 e. The molecule has 0 aliphatic carbocycles. The number of ether oxygens (including phenoxy) is 5. The molecule has 0 spiro atoms. The van der Waals surface area contributed by atoms with Crippen LogP contribution in [-0.2, 0) is 18.9 Å². The average molecular weight is 658 g/mol. The van der Waals surface area contributed by atoms with Crippen molar-refractivity contribution in [2.75, 3.05) is 35.3 Å². The number of aromatic nitrogens is 2. The van der Waals surface area contributed by atoms with E-state index in [1.807, 2.05) is 0 Å². The number of benzene rings is 1. The van der Waals surface area contributed by atoms with Crippen LogP contribution in [0, 0.1) is 12.7 Å². The average Bonchev–Trinajstić information content (AvgIpc) is 3.45. The summed E-state index contributed by atoms with van der Waals surface area (Å²) in [5.74, 6) is -0.938. The number of hydrogen-bond donors (Lipinski definition) is 2. The van der Waals surface area contributed by atoms with Crippen LogP contribution >= 0.6 is 0 Å². The maximum Gasteiger partial charge on any atom is 0.415 e. The first kappa shape index (κ1) is 33.6. The van der Waals surface area contributed by atoms with Crippen LogP contribution in [-0.4, -0.2) is 71.7 Å². The molecule has 252 valence electrons. The molecular formula is C32H37F2N5O8. The Kier molecular flexibility index (Phi) is 9.13. The van der Waals surface area contributed by atoms with Gasteiger partial charge < -0.3 is 23.7 Å². The molecule has 2 atom stereocenters. The van der Waals surface area contributed by atoms with Gasteiger partial charge in [-0.1, -0.05) is 0 Å². The molecule has 1 aromatic carbocycles. The molecule has 15 heteroatoms. The first-order valence-corrected chi connectivity index (χ1v) is 15.0. The summed E-state index contributed by atoms with van der Waals surface area (Å²) in [6.45, 7) is 11.9. The Bertz CT molecular complexity index is 1720. The summed E-state index contributed by atoms with van der Waals surface area (Å²) in [6.07, 6.45) is -1.63. The van der Waals surface area contributed by atoms with Crippen molar-refractivity contribution in [3.63, 3.8) is 0 Å². The maximum atomic E-state index is 16.5. The predicted molar refractivity (Wildman–Crippen MR) is 168 cm³/mol. The van der Waals surface area contributed by atoms with Crippen molar-refractivity contribution in [2.45, 2.75) is 78.6 Å². The van der Waals surface area contributed by atoms with Gasteiger partial charge in [-0.25, -0.2) is 28.7 Å². The van der Waals surface area contributed by atoms with Gasteiger partial charge in [0.15, 0.2) is 5.82 Å². The second-order valence-corrected chi connectivity index (χ2v) is 13.1. The lowest BCUT2D eigenvalue weighted by molar-refractivity contribution is 0.0375. The van der Waals surface area contributed by atoms with Crippen molar-refractivity contribution in [1.29, 1.82) is 0 Å². The molecule has 3 amide bonds. The van der Waals surface area contributed by atoms with E-state index in [-0.39, 0.29) is 46.2 Å². The third kappa shape index (κ3) is 7.79. The molecule has 13 nitrogen and oxygen atoms in total. The summed E-state index contributed by atoms with van der Waals surface area (Å²) in [6, 6.07) is 2.96. The number of carbonyl (C=O) groups excluding carboxylic acids is 3. The second-order valence-electron chi connectivity index (χ2n) is 13.1. The highest BCUT2D eigenvalue weighted by Crippen LogP contribution is 2.43. The van der Waals surface area contributed by atoms with E-state index >= 15 is 4.39 Å². The van der Waals surface area contributed by atoms with Crippen LogP contribution in [0.5, 0.6) is 5.88 Å². The predicted octanol–water partition coefficient (Wildman–Crippen LogP) is 6.86. The van der Waals surface area contributed by atoms with E-state index in [0.29, 0.717) is 24.0 Å². The standard InChI is InChI=1S/C32H37F2N5O8/c1-16-20(12-36-27-26(16)39(14-22(33)45-27)30(42)47-32(5,6)7)19-10-17-11-23(37-28(40)44-18-8-9-43-15-18)35-13-21(17)25(24(19)34)38-29(41)46-31(2,3)4/h10-13,18,22H,8-9,14-15H2,1-7H3,(H,38,41)(H,35,37,40)/t18-,22?/m1/s1. The summed E-state index contributed by atoms with van der Waals surface area (Å²) in [5.41, 5.74) is -1.43. The van der Waals surface area contributed by atoms with E-state index < -0.39 is 54.3 Å². The Morgan fingerprint density at radius 1 is 0.979 bits per heavy atom. The lowest BCUT2D eigenvalue weighted by Crippen LogP contribution is -2.45. The molecule has 1 saturated heterocycles. The highest BCUT2D eigenvalue weighted by molar-refractivity contribution is 6.05. The number of pyridine rings is 2. The van der Waals surface area contributed by atoms with Crippen molar-refractivity contribution in [3.8, 4) is 17.0 Å². The quantitative estimate of drug-likeness (QED) is 0.285. The Hall–Kier alpha value is -4.79. The van der Waals surface area contributed by atoms with Gasteiger partial charge in [0.25, 0.3) is 6.36 Å². The molecule has 0 bridgehead atoms. The molecule has 2 N–H and O–H groups in total. The van der Waals surface area contributed by atoms with Gasteiger partial charge in [-0.15, -0.1) is 0 Å². The molecule has 3 aromatic rings. The molecule has 1 unspecified atom stereocenters. The fourth-order valence-corrected chi connectivity index (χ4v) is 5.08. The number of nitrogens with one attached hydrogen (secondary N) is 2. The van der Waals surface area contributed by atoms with Gasteiger partial charge in [0.2, 0.25) is 5.88 Å². The number of amides is 3. The van der Waals surface area contributed by atoms with Gasteiger partial charge >= 0.3 is 18.3 Å². The van der Waals surface area contributed by atoms with Crippen LogP contribution < -0.4 is 20.3 Å². The lowest BCUT2D eigenvalue weighted by atomic mass is 9.96. The van der Waals surface area contributed by atoms with E-state index in [9.17, 15) is 18.8 Å². The Morgan fingerprint density at radius 3 is 2.36 bits per heavy atom. The molecule has 2 aliphatic rings. The monoisotopic (exact) mass is 657 g/mol. The number of nitrogens with zero attached hydrogens (tertiary/aromatic N) is 3. The first-order chi connectivity index (χ1) is 22.0.